The van der Waals surface area contributed by atoms with Crippen molar-refractivity contribution < 1.29 is 4.79 Å². The molecular formula is C24H21N3O2S2. The number of carbonyl (C=O) groups is 1. The largest absolute Gasteiger partial charge is 0.348 e. The van der Waals surface area contributed by atoms with Crippen molar-refractivity contribution in [1.82, 2.24) is 14.9 Å². The molecule has 5 rings (SSSR count). The van der Waals surface area contributed by atoms with E-state index >= 15 is 0 Å². The van der Waals surface area contributed by atoms with Gasteiger partial charge in [-0.2, -0.15) is 0 Å². The average molecular weight is 448 g/mol. The summed E-state index contributed by atoms with van der Waals surface area (Å²) >= 11 is 3.26. The second-order valence-corrected chi connectivity index (χ2v) is 9.66. The minimum atomic E-state index is -0.184. The number of amides is 1. The maximum absolute atomic E-state index is 13.2. The summed E-state index contributed by atoms with van der Waals surface area (Å²) in [5, 5.41) is 5.64. The van der Waals surface area contributed by atoms with Crippen LogP contribution in [0.2, 0.25) is 0 Å². The Hall–Kier alpha value is -2.90. The van der Waals surface area contributed by atoms with Crippen molar-refractivity contribution in [2.75, 3.05) is 5.75 Å². The van der Waals surface area contributed by atoms with Gasteiger partial charge in [0.2, 0.25) is 5.91 Å². The molecule has 1 unspecified atom stereocenters. The Labute approximate surface area is 188 Å². The highest BCUT2D eigenvalue weighted by molar-refractivity contribution is 7.99. The van der Waals surface area contributed by atoms with Gasteiger partial charge in [-0.25, -0.2) is 4.98 Å². The number of hydrogen-bond donors (Lipinski definition) is 1. The first-order valence-electron chi connectivity index (χ1n) is 10.1. The van der Waals surface area contributed by atoms with Gasteiger partial charge in [-0.05, 0) is 30.5 Å². The van der Waals surface area contributed by atoms with Crippen LogP contribution in [-0.2, 0) is 11.3 Å². The number of nitrogens with one attached hydrogen (secondary N) is 1. The molecule has 1 aliphatic rings. The van der Waals surface area contributed by atoms with E-state index < -0.39 is 0 Å². The van der Waals surface area contributed by atoms with E-state index in [1.807, 2.05) is 60.5 Å². The lowest BCUT2D eigenvalue weighted by Gasteiger charge is -2.26. The number of hydrogen-bond acceptors (Lipinski definition) is 5. The third kappa shape index (κ3) is 3.91. The Balaban J connectivity index is 1.42. The second kappa shape index (κ2) is 8.32. The topological polar surface area (TPSA) is 64.0 Å². The van der Waals surface area contributed by atoms with Gasteiger partial charge in [0.25, 0.3) is 5.56 Å². The van der Waals surface area contributed by atoms with Crippen LogP contribution in [0.5, 0.6) is 0 Å². The van der Waals surface area contributed by atoms with Gasteiger partial charge in [0, 0.05) is 21.6 Å². The molecule has 0 fully saturated rings. The Morgan fingerprint density at radius 3 is 2.84 bits per heavy atom. The van der Waals surface area contributed by atoms with E-state index in [2.05, 4.69) is 22.4 Å². The maximum atomic E-state index is 13.2. The molecule has 1 aliphatic heterocycles. The highest BCUT2D eigenvalue weighted by Crippen LogP contribution is 2.35. The number of benzene rings is 2. The summed E-state index contributed by atoms with van der Waals surface area (Å²) in [4.78, 5) is 32.4. The number of aromatic nitrogens is 2. The van der Waals surface area contributed by atoms with Gasteiger partial charge in [-0.15, -0.1) is 23.1 Å². The van der Waals surface area contributed by atoms with Crippen LogP contribution in [0.4, 0.5) is 0 Å². The van der Waals surface area contributed by atoms with Crippen molar-refractivity contribution in [1.29, 1.82) is 0 Å². The van der Waals surface area contributed by atoms with Crippen LogP contribution >= 0.6 is 23.1 Å². The van der Waals surface area contributed by atoms with Gasteiger partial charge >= 0.3 is 0 Å². The molecule has 1 atom stereocenters. The number of rotatable bonds is 4. The predicted octanol–water partition coefficient (Wildman–Crippen LogP) is 4.79. The Morgan fingerprint density at radius 1 is 1.19 bits per heavy atom. The van der Waals surface area contributed by atoms with E-state index in [1.54, 1.807) is 0 Å². The molecule has 0 saturated carbocycles. The lowest BCUT2D eigenvalue weighted by molar-refractivity contribution is -0.122. The molecule has 31 heavy (non-hydrogen) atoms. The number of nitrogens with zero attached hydrogens (tertiary/aromatic N) is 2. The van der Waals surface area contributed by atoms with Gasteiger partial charge in [0.15, 0.2) is 0 Å². The van der Waals surface area contributed by atoms with Crippen molar-refractivity contribution in [3.05, 3.63) is 81.7 Å². The summed E-state index contributed by atoms with van der Waals surface area (Å²) in [6, 6.07) is 16.2. The van der Waals surface area contributed by atoms with Crippen LogP contribution in [0.1, 0.15) is 23.6 Å². The number of fused-ring (bicyclic) bond motifs is 2. The summed E-state index contributed by atoms with van der Waals surface area (Å²) in [7, 11) is 0. The fourth-order valence-corrected chi connectivity index (χ4v) is 5.94. The lowest BCUT2D eigenvalue weighted by Crippen LogP contribution is -2.35. The maximum Gasteiger partial charge on any atom is 0.263 e. The molecule has 1 amide bonds. The van der Waals surface area contributed by atoms with E-state index in [9.17, 15) is 9.59 Å². The summed E-state index contributed by atoms with van der Waals surface area (Å²) in [6.07, 6.45) is 2.35. The van der Waals surface area contributed by atoms with Crippen molar-refractivity contribution in [3.8, 4) is 11.1 Å². The van der Waals surface area contributed by atoms with Gasteiger partial charge in [-0.3, -0.25) is 14.2 Å². The highest BCUT2D eigenvalue weighted by atomic mass is 32.2. The van der Waals surface area contributed by atoms with E-state index in [1.165, 1.54) is 27.1 Å². The Bertz CT molecular complexity index is 1320. The second-order valence-electron chi connectivity index (χ2n) is 7.67. The van der Waals surface area contributed by atoms with Gasteiger partial charge < -0.3 is 5.32 Å². The van der Waals surface area contributed by atoms with Crippen molar-refractivity contribution >= 4 is 39.2 Å². The molecule has 0 aliphatic carbocycles. The fourth-order valence-electron chi connectivity index (χ4n) is 3.91. The van der Waals surface area contributed by atoms with Gasteiger partial charge in [0.1, 0.15) is 11.4 Å². The molecule has 0 radical (unpaired) electrons. The standard InChI is InChI=1S/C24H21N3O2S2/c1-15-6-8-16(9-7-15)18-13-31-23-22(18)24(29)27(14-25-23)12-21(28)26-19-10-11-30-20-5-3-2-4-17(19)20/h2-9,13-14,19H,10-12H2,1H3,(H,26,28). The van der Waals surface area contributed by atoms with E-state index in [0.29, 0.717) is 10.2 Å². The molecule has 0 saturated heterocycles. The van der Waals surface area contributed by atoms with Crippen molar-refractivity contribution in [3.63, 3.8) is 0 Å². The molecular weight excluding hydrogens is 426 g/mol. The number of aryl methyl sites for hydroxylation is 1. The molecule has 7 heteroatoms. The quantitative estimate of drug-likeness (QED) is 0.489. The molecule has 1 N–H and O–H groups in total. The minimum absolute atomic E-state index is 0.0263. The van der Waals surface area contributed by atoms with E-state index in [0.717, 1.165) is 34.4 Å². The normalized spacial score (nSPS) is 15.6. The van der Waals surface area contributed by atoms with Crippen LogP contribution in [0, 0.1) is 6.92 Å². The zero-order valence-electron chi connectivity index (χ0n) is 17.0. The SMILES string of the molecule is Cc1ccc(-c2csc3ncn(CC(=O)NC4CCSc5ccccc54)c(=O)c23)cc1. The first kappa shape index (κ1) is 20.0. The zero-order chi connectivity index (χ0) is 21.4. The van der Waals surface area contributed by atoms with E-state index in [4.69, 9.17) is 0 Å². The average Bonchev–Trinajstić information content (AvgIpc) is 3.21. The molecule has 156 valence electrons. The van der Waals surface area contributed by atoms with Gasteiger partial charge in [-0.1, -0.05) is 48.0 Å². The smallest absolute Gasteiger partial charge is 0.263 e. The van der Waals surface area contributed by atoms with Gasteiger partial charge in [0.05, 0.1) is 17.8 Å². The van der Waals surface area contributed by atoms with Crippen molar-refractivity contribution in [2.45, 2.75) is 30.8 Å². The molecule has 2 aromatic carbocycles. The fraction of sp³-hybridized carbons (Fsp3) is 0.208. The number of thiophene rings is 1. The van der Waals surface area contributed by atoms with Crippen LogP contribution in [0.3, 0.4) is 0 Å². The van der Waals surface area contributed by atoms with Crippen LogP contribution < -0.4 is 10.9 Å². The monoisotopic (exact) mass is 447 g/mol. The zero-order valence-corrected chi connectivity index (χ0v) is 18.6. The van der Waals surface area contributed by atoms with Crippen LogP contribution in [0.25, 0.3) is 21.3 Å². The number of thioether (sulfide) groups is 1. The first-order valence-corrected chi connectivity index (χ1v) is 12.0. The van der Waals surface area contributed by atoms with Crippen LogP contribution in [0.15, 0.2) is 69.9 Å². The van der Waals surface area contributed by atoms with E-state index in [-0.39, 0.29) is 24.1 Å². The molecule has 3 heterocycles. The minimum Gasteiger partial charge on any atom is -0.348 e. The third-order valence-electron chi connectivity index (χ3n) is 5.53. The Kier molecular flexibility index (Phi) is 5.38. The highest BCUT2D eigenvalue weighted by Gasteiger charge is 2.22. The number of carbonyl (C=O) groups excluding carboxylic acids is 1. The Morgan fingerprint density at radius 2 is 2.00 bits per heavy atom. The predicted molar refractivity (Wildman–Crippen MR) is 127 cm³/mol. The summed E-state index contributed by atoms with van der Waals surface area (Å²) in [5.41, 5.74) is 3.97. The molecule has 0 bridgehead atoms. The molecule has 2 aromatic heterocycles. The van der Waals surface area contributed by atoms with Crippen LogP contribution in [-0.4, -0.2) is 21.2 Å². The lowest BCUT2D eigenvalue weighted by atomic mass is 10.0. The molecule has 4 aromatic rings. The summed E-state index contributed by atoms with van der Waals surface area (Å²) < 4.78 is 1.41. The first-order chi connectivity index (χ1) is 15.1. The summed E-state index contributed by atoms with van der Waals surface area (Å²) in [5.74, 6) is 0.784. The third-order valence-corrected chi connectivity index (χ3v) is 7.54. The molecule has 0 spiro atoms. The van der Waals surface area contributed by atoms with Crippen molar-refractivity contribution in [2.24, 2.45) is 0 Å². The molecule has 5 nitrogen and oxygen atoms in total. The summed E-state index contributed by atoms with van der Waals surface area (Å²) in [6.45, 7) is 1.99.